The highest BCUT2D eigenvalue weighted by Gasteiger charge is 2.11. The third kappa shape index (κ3) is 3.07. The molecular formula is C8H13ClN2S. The molecule has 1 N–H and O–H groups in total. The Labute approximate surface area is 82.5 Å². The van der Waals surface area contributed by atoms with Crippen molar-refractivity contribution in [3.05, 3.63) is 11.1 Å². The standard InChI is InChI=1S/C8H13ClN2S/c1-6(3-9)5-12-8-10-4-7(2)11-8/h3,7H,4-5H2,1-2H3,(H,10,11)/b6-3+. The molecule has 4 heteroatoms. The summed E-state index contributed by atoms with van der Waals surface area (Å²) < 4.78 is 0. The van der Waals surface area contributed by atoms with Crippen molar-refractivity contribution in [1.82, 2.24) is 5.32 Å². The second kappa shape index (κ2) is 4.77. The fourth-order valence-electron chi connectivity index (χ4n) is 0.823. The maximum absolute atomic E-state index is 5.53. The molecule has 1 aliphatic rings. The van der Waals surface area contributed by atoms with Crippen LogP contribution in [0, 0.1) is 0 Å². The number of hydrogen-bond acceptors (Lipinski definition) is 3. The van der Waals surface area contributed by atoms with Crippen LogP contribution < -0.4 is 5.32 Å². The molecule has 0 spiro atoms. The summed E-state index contributed by atoms with van der Waals surface area (Å²) in [6.45, 7) is 5.03. The normalized spacial score (nSPS) is 23.8. The molecule has 12 heavy (non-hydrogen) atoms. The fraction of sp³-hybridized carbons (Fsp3) is 0.625. The maximum atomic E-state index is 5.53. The van der Waals surface area contributed by atoms with Crippen molar-refractivity contribution >= 4 is 28.5 Å². The van der Waals surface area contributed by atoms with Gasteiger partial charge in [-0.3, -0.25) is 4.99 Å². The zero-order chi connectivity index (χ0) is 8.97. The smallest absolute Gasteiger partial charge is 0.157 e. The van der Waals surface area contributed by atoms with E-state index in [9.17, 15) is 0 Å². The van der Waals surface area contributed by atoms with Crippen LogP contribution in [0.2, 0.25) is 0 Å². The van der Waals surface area contributed by atoms with Gasteiger partial charge >= 0.3 is 0 Å². The summed E-state index contributed by atoms with van der Waals surface area (Å²) >= 11 is 7.24. The molecule has 0 aromatic heterocycles. The highest BCUT2D eigenvalue weighted by Crippen LogP contribution is 2.12. The minimum atomic E-state index is 0.493. The molecule has 1 rings (SSSR count). The molecule has 0 saturated carbocycles. The monoisotopic (exact) mass is 204 g/mol. The number of rotatable bonds is 2. The molecule has 2 nitrogen and oxygen atoms in total. The lowest BCUT2D eigenvalue weighted by molar-refractivity contribution is 0.728. The lowest BCUT2D eigenvalue weighted by Gasteiger charge is -2.04. The van der Waals surface area contributed by atoms with Gasteiger partial charge in [0.1, 0.15) is 0 Å². The first-order valence-electron chi connectivity index (χ1n) is 3.92. The van der Waals surface area contributed by atoms with Crippen LogP contribution >= 0.6 is 23.4 Å². The van der Waals surface area contributed by atoms with Gasteiger partial charge in [0.15, 0.2) is 5.17 Å². The van der Waals surface area contributed by atoms with Gasteiger partial charge in [0.25, 0.3) is 0 Å². The Kier molecular flexibility index (Phi) is 3.95. The minimum absolute atomic E-state index is 0.493. The first kappa shape index (κ1) is 9.93. The second-order valence-electron chi connectivity index (χ2n) is 2.94. The summed E-state index contributed by atoms with van der Waals surface area (Å²) in [7, 11) is 0. The van der Waals surface area contributed by atoms with E-state index < -0.39 is 0 Å². The van der Waals surface area contributed by atoms with E-state index in [1.807, 2.05) is 6.92 Å². The molecule has 1 unspecified atom stereocenters. The molecule has 0 radical (unpaired) electrons. The molecule has 0 aromatic rings. The molecule has 1 heterocycles. The average Bonchev–Trinajstić information content (AvgIpc) is 2.47. The third-order valence-electron chi connectivity index (χ3n) is 1.50. The molecule has 0 fully saturated rings. The summed E-state index contributed by atoms with van der Waals surface area (Å²) in [5.74, 6) is 0.919. The topological polar surface area (TPSA) is 24.4 Å². The zero-order valence-electron chi connectivity index (χ0n) is 7.30. The highest BCUT2D eigenvalue weighted by molar-refractivity contribution is 8.14. The maximum Gasteiger partial charge on any atom is 0.157 e. The fourth-order valence-corrected chi connectivity index (χ4v) is 1.89. The first-order valence-corrected chi connectivity index (χ1v) is 5.34. The van der Waals surface area contributed by atoms with E-state index in [-0.39, 0.29) is 0 Å². The van der Waals surface area contributed by atoms with Crippen molar-refractivity contribution in [2.45, 2.75) is 19.9 Å². The summed E-state index contributed by atoms with van der Waals surface area (Å²) in [6, 6.07) is 0.493. The third-order valence-corrected chi connectivity index (χ3v) is 2.99. The van der Waals surface area contributed by atoms with Gasteiger partial charge < -0.3 is 5.32 Å². The van der Waals surface area contributed by atoms with E-state index in [1.165, 1.54) is 5.57 Å². The van der Waals surface area contributed by atoms with E-state index >= 15 is 0 Å². The number of halogens is 1. The zero-order valence-corrected chi connectivity index (χ0v) is 8.87. The van der Waals surface area contributed by atoms with Crippen LogP contribution in [0.25, 0.3) is 0 Å². The Bertz CT molecular complexity index is 213. The van der Waals surface area contributed by atoms with E-state index in [2.05, 4.69) is 17.2 Å². The van der Waals surface area contributed by atoms with Gasteiger partial charge in [-0.15, -0.1) is 0 Å². The summed E-state index contributed by atoms with van der Waals surface area (Å²) in [6.07, 6.45) is 0. The van der Waals surface area contributed by atoms with Crippen LogP contribution in [0.3, 0.4) is 0 Å². The van der Waals surface area contributed by atoms with Crippen molar-refractivity contribution < 1.29 is 0 Å². The SMILES string of the molecule is C/C(=C\Cl)CSC1=NCC(C)N1. The highest BCUT2D eigenvalue weighted by atomic mass is 35.5. The molecule has 1 atom stereocenters. The van der Waals surface area contributed by atoms with Crippen molar-refractivity contribution in [1.29, 1.82) is 0 Å². The van der Waals surface area contributed by atoms with E-state index in [0.717, 1.165) is 17.5 Å². The number of nitrogens with zero attached hydrogens (tertiary/aromatic N) is 1. The van der Waals surface area contributed by atoms with Gasteiger partial charge in [0.05, 0.1) is 6.54 Å². The number of thioether (sulfide) groups is 1. The molecule has 0 amide bonds. The second-order valence-corrected chi connectivity index (χ2v) is 4.12. The van der Waals surface area contributed by atoms with Crippen LogP contribution in [0.4, 0.5) is 0 Å². The largest absolute Gasteiger partial charge is 0.361 e. The van der Waals surface area contributed by atoms with Crippen molar-refractivity contribution in [2.24, 2.45) is 4.99 Å². The molecule has 1 aliphatic heterocycles. The van der Waals surface area contributed by atoms with Crippen LogP contribution in [-0.4, -0.2) is 23.5 Å². The Morgan fingerprint density at radius 3 is 3.17 bits per heavy atom. The van der Waals surface area contributed by atoms with E-state index in [0.29, 0.717) is 6.04 Å². The Balaban J connectivity index is 2.25. The van der Waals surface area contributed by atoms with Gasteiger partial charge in [0.2, 0.25) is 0 Å². The van der Waals surface area contributed by atoms with Crippen molar-refractivity contribution in [2.75, 3.05) is 12.3 Å². The van der Waals surface area contributed by atoms with Crippen LogP contribution in [-0.2, 0) is 0 Å². The average molecular weight is 205 g/mol. The van der Waals surface area contributed by atoms with Gasteiger partial charge in [-0.25, -0.2) is 0 Å². The number of nitrogens with one attached hydrogen (secondary N) is 1. The Morgan fingerprint density at radius 2 is 2.67 bits per heavy atom. The Hall–Kier alpha value is -0.150. The molecule has 0 aliphatic carbocycles. The van der Waals surface area contributed by atoms with Crippen LogP contribution in [0.5, 0.6) is 0 Å². The van der Waals surface area contributed by atoms with E-state index in [4.69, 9.17) is 11.6 Å². The Morgan fingerprint density at radius 1 is 1.92 bits per heavy atom. The predicted molar refractivity (Wildman–Crippen MR) is 57.0 cm³/mol. The number of hydrogen-bond donors (Lipinski definition) is 1. The van der Waals surface area contributed by atoms with Gasteiger partial charge in [0, 0.05) is 17.3 Å². The van der Waals surface area contributed by atoms with Gasteiger partial charge in [-0.2, -0.15) is 0 Å². The summed E-state index contributed by atoms with van der Waals surface area (Å²) in [5, 5.41) is 4.32. The number of aliphatic imine (C=N–C) groups is 1. The lowest BCUT2D eigenvalue weighted by atomic mass is 10.4. The van der Waals surface area contributed by atoms with E-state index in [1.54, 1.807) is 17.3 Å². The molecule has 68 valence electrons. The predicted octanol–water partition coefficient (Wildman–Crippen LogP) is 2.21. The minimum Gasteiger partial charge on any atom is -0.361 e. The van der Waals surface area contributed by atoms with Crippen molar-refractivity contribution in [3.8, 4) is 0 Å². The first-order chi connectivity index (χ1) is 5.72. The molecular weight excluding hydrogens is 192 g/mol. The van der Waals surface area contributed by atoms with Gasteiger partial charge in [-0.1, -0.05) is 28.9 Å². The van der Waals surface area contributed by atoms with Gasteiger partial charge in [-0.05, 0) is 13.8 Å². The number of amidine groups is 1. The molecule has 0 bridgehead atoms. The van der Waals surface area contributed by atoms with Crippen molar-refractivity contribution in [3.63, 3.8) is 0 Å². The van der Waals surface area contributed by atoms with Crippen LogP contribution in [0.15, 0.2) is 16.1 Å². The molecule has 0 aromatic carbocycles. The summed E-state index contributed by atoms with van der Waals surface area (Å²) in [5.41, 5.74) is 2.79. The van der Waals surface area contributed by atoms with Crippen LogP contribution in [0.1, 0.15) is 13.8 Å². The summed E-state index contributed by atoms with van der Waals surface area (Å²) in [4.78, 5) is 4.32. The lowest BCUT2D eigenvalue weighted by Crippen LogP contribution is -2.25. The molecule has 0 saturated heterocycles. The quantitative estimate of drug-likeness (QED) is 0.746.